The maximum Gasteiger partial charge on any atom is 0.194 e. The molecule has 1 N–H and O–H groups in total. The molecule has 0 aromatic carbocycles. The zero-order chi connectivity index (χ0) is 16.5. The molecule has 0 bridgehead atoms. The topological polar surface area (TPSA) is 62.6 Å². The summed E-state index contributed by atoms with van der Waals surface area (Å²) >= 11 is 1.67. The van der Waals surface area contributed by atoms with Gasteiger partial charge in [0.05, 0.1) is 30.0 Å². The SMILES string of the molecule is CCNC(=NCCOc1cccnc1)N(C)Cc1csc(C)n1. The molecule has 0 aliphatic heterocycles. The fraction of sp³-hybridized carbons (Fsp3) is 0.438. The number of ether oxygens (including phenoxy) is 1. The Kier molecular flexibility index (Phi) is 6.80. The van der Waals surface area contributed by atoms with Crippen molar-refractivity contribution in [2.24, 2.45) is 4.99 Å². The Morgan fingerprint density at radius 3 is 3.00 bits per heavy atom. The van der Waals surface area contributed by atoms with E-state index in [1.807, 2.05) is 26.1 Å². The number of nitrogens with zero attached hydrogens (tertiary/aromatic N) is 4. The number of rotatable bonds is 7. The summed E-state index contributed by atoms with van der Waals surface area (Å²) in [4.78, 5) is 15.2. The lowest BCUT2D eigenvalue weighted by molar-refractivity contribution is 0.326. The van der Waals surface area contributed by atoms with Crippen molar-refractivity contribution in [2.75, 3.05) is 26.7 Å². The second-order valence-electron chi connectivity index (χ2n) is 4.99. The van der Waals surface area contributed by atoms with Gasteiger partial charge in [-0.05, 0) is 26.0 Å². The van der Waals surface area contributed by atoms with E-state index in [-0.39, 0.29) is 0 Å². The highest BCUT2D eigenvalue weighted by Gasteiger charge is 2.08. The number of nitrogens with one attached hydrogen (secondary N) is 1. The third-order valence-electron chi connectivity index (χ3n) is 3.02. The molecule has 2 heterocycles. The summed E-state index contributed by atoms with van der Waals surface area (Å²) in [6, 6.07) is 3.74. The van der Waals surface area contributed by atoms with Crippen molar-refractivity contribution in [1.29, 1.82) is 0 Å². The van der Waals surface area contributed by atoms with Gasteiger partial charge < -0.3 is 15.0 Å². The van der Waals surface area contributed by atoms with Gasteiger partial charge in [0.15, 0.2) is 5.96 Å². The number of aliphatic imine (C=N–C) groups is 1. The lowest BCUT2D eigenvalue weighted by Gasteiger charge is -2.21. The zero-order valence-electron chi connectivity index (χ0n) is 13.8. The molecule has 7 heteroatoms. The minimum Gasteiger partial charge on any atom is -0.490 e. The van der Waals surface area contributed by atoms with Gasteiger partial charge in [0.25, 0.3) is 0 Å². The van der Waals surface area contributed by atoms with Gasteiger partial charge in [-0.3, -0.25) is 4.98 Å². The van der Waals surface area contributed by atoms with Crippen LogP contribution in [0.5, 0.6) is 5.75 Å². The summed E-state index contributed by atoms with van der Waals surface area (Å²) in [5.41, 5.74) is 1.06. The van der Waals surface area contributed by atoms with Crippen LogP contribution in [0.25, 0.3) is 0 Å². The first-order chi connectivity index (χ1) is 11.2. The summed E-state index contributed by atoms with van der Waals surface area (Å²) in [6.07, 6.45) is 3.43. The van der Waals surface area contributed by atoms with Crippen molar-refractivity contribution < 1.29 is 4.74 Å². The minimum absolute atomic E-state index is 0.518. The van der Waals surface area contributed by atoms with Crippen LogP contribution in [0.1, 0.15) is 17.6 Å². The van der Waals surface area contributed by atoms with E-state index in [4.69, 9.17) is 4.74 Å². The molecule has 0 unspecified atom stereocenters. The summed E-state index contributed by atoms with van der Waals surface area (Å²) in [5, 5.41) is 6.46. The first-order valence-electron chi connectivity index (χ1n) is 7.62. The van der Waals surface area contributed by atoms with Crippen molar-refractivity contribution in [3.8, 4) is 5.75 Å². The predicted octanol–water partition coefficient (Wildman–Crippen LogP) is 2.32. The monoisotopic (exact) mass is 333 g/mol. The lowest BCUT2D eigenvalue weighted by atomic mass is 10.4. The maximum absolute atomic E-state index is 5.61. The molecule has 0 aliphatic carbocycles. The molecule has 0 spiro atoms. The fourth-order valence-electron chi connectivity index (χ4n) is 2.02. The second-order valence-corrected chi connectivity index (χ2v) is 6.05. The molecular weight excluding hydrogens is 310 g/mol. The number of hydrogen-bond donors (Lipinski definition) is 1. The molecule has 0 fully saturated rings. The molecule has 0 amide bonds. The van der Waals surface area contributed by atoms with Crippen LogP contribution in [-0.2, 0) is 6.54 Å². The van der Waals surface area contributed by atoms with Crippen LogP contribution in [0.4, 0.5) is 0 Å². The molecular formula is C16H23N5OS. The summed E-state index contributed by atoms with van der Waals surface area (Å²) < 4.78 is 5.61. The van der Waals surface area contributed by atoms with Gasteiger partial charge in [0.2, 0.25) is 0 Å². The quantitative estimate of drug-likeness (QED) is 0.479. The molecule has 23 heavy (non-hydrogen) atoms. The Morgan fingerprint density at radius 2 is 2.35 bits per heavy atom. The molecule has 124 valence electrons. The highest BCUT2D eigenvalue weighted by molar-refractivity contribution is 7.09. The third-order valence-corrected chi connectivity index (χ3v) is 3.84. The first kappa shape index (κ1) is 17.2. The number of aryl methyl sites for hydroxylation is 1. The molecule has 2 aromatic heterocycles. The molecule has 0 saturated heterocycles. The first-order valence-corrected chi connectivity index (χ1v) is 8.50. The Labute approximate surface area is 141 Å². The standard InChI is InChI=1S/C16H23N5OS/c1-4-18-16(21(3)11-14-12-23-13(2)20-14)19-8-9-22-15-6-5-7-17-10-15/h5-7,10,12H,4,8-9,11H2,1-3H3,(H,18,19). The number of aromatic nitrogens is 2. The number of guanidine groups is 1. The predicted molar refractivity (Wildman–Crippen MR) is 94.0 cm³/mol. The van der Waals surface area contributed by atoms with Gasteiger partial charge in [-0.15, -0.1) is 11.3 Å². The molecule has 2 aromatic rings. The van der Waals surface area contributed by atoms with E-state index >= 15 is 0 Å². The van der Waals surface area contributed by atoms with E-state index in [0.717, 1.165) is 35.5 Å². The van der Waals surface area contributed by atoms with Gasteiger partial charge in [-0.2, -0.15) is 0 Å². The zero-order valence-corrected chi connectivity index (χ0v) is 14.6. The van der Waals surface area contributed by atoms with E-state index in [1.165, 1.54) is 0 Å². The summed E-state index contributed by atoms with van der Waals surface area (Å²) in [5.74, 6) is 1.62. The highest BCUT2D eigenvalue weighted by Crippen LogP contribution is 2.10. The molecule has 2 rings (SSSR count). The van der Waals surface area contributed by atoms with E-state index in [9.17, 15) is 0 Å². The van der Waals surface area contributed by atoms with Crippen molar-refractivity contribution in [3.05, 3.63) is 40.6 Å². The lowest BCUT2D eigenvalue weighted by Crippen LogP contribution is -2.38. The number of thiazole rings is 1. The van der Waals surface area contributed by atoms with Crippen molar-refractivity contribution >= 4 is 17.3 Å². The molecule has 0 aliphatic rings. The van der Waals surface area contributed by atoms with Gasteiger partial charge >= 0.3 is 0 Å². The summed E-state index contributed by atoms with van der Waals surface area (Å²) in [6.45, 7) is 6.73. The van der Waals surface area contributed by atoms with Crippen LogP contribution < -0.4 is 10.1 Å². The molecule has 6 nitrogen and oxygen atoms in total. The Bertz CT molecular complexity index is 614. The Hall–Kier alpha value is -2.15. The molecule has 0 saturated carbocycles. The Balaban J connectivity index is 1.85. The largest absolute Gasteiger partial charge is 0.490 e. The maximum atomic E-state index is 5.61. The highest BCUT2D eigenvalue weighted by atomic mass is 32.1. The van der Waals surface area contributed by atoms with E-state index < -0.39 is 0 Å². The van der Waals surface area contributed by atoms with Crippen molar-refractivity contribution in [3.63, 3.8) is 0 Å². The van der Waals surface area contributed by atoms with Crippen molar-refractivity contribution in [1.82, 2.24) is 20.2 Å². The van der Waals surface area contributed by atoms with Gasteiger partial charge in [-0.25, -0.2) is 9.98 Å². The van der Waals surface area contributed by atoms with Crippen LogP contribution in [-0.4, -0.2) is 47.6 Å². The summed E-state index contributed by atoms with van der Waals surface area (Å²) in [7, 11) is 2.01. The smallest absolute Gasteiger partial charge is 0.194 e. The second kappa shape index (κ2) is 9.09. The average molecular weight is 333 g/mol. The average Bonchev–Trinajstić information content (AvgIpc) is 2.96. The normalized spacial score (nSPS) is 11.3. The van der Waals surface area contributed by atoms with Gasteiger partial charge in [0, 0.05) is 25.2 Å². The van der Waals surface area contributed by atoms with Crippen molar-refractivity contribution in [2.45, 2.75) is 20.4 Å². The van der Waals surface area contributed by atoms with Crippen LogP contribution in [0.3, 0.4) is 0 Å². The minimum atomic E-state index is 0.518. The van der Waals surface area contributed by atoms with E-state index in [2.05, 4.69) is 37.5 Å². The van der Waals surface area contributed by atoms with Crippen LogP contribution in [0.15, 0.2) is 34.9 Å². The fourth-order valence-corrected chi connectivity index (χ4v) is 2.62. The van der Waals surface area contributed by atoms with E-state index in [0.29, 0.717) is 13.2 Å². The van der Waals surface area contributed by atoms with Crippen LogP contribution >= 0.6 is 11.3 Å². The third kappa shape index (κ3) is 5.86. The van der Waals surface area contributed by atoms with E-state index in [1.54, 1.807) is 23.7 Å². The number of pyridine rings is 1. The molecule has 0 radical (unpaired) electrons. The number of hydrogen-bond acceptors (Lipinski definition) is 5. The van der Waals surface area contributed by atoms with Crippen LogP contribution in [0, 0.1) is 6.92 Å². The van der Waals surface area contributed by atoms with Crippen LogP contribution in [0.2, 0.25) is 0 Å². The Morgan fingerprint density at radius 1 is 1.48 bits per heavy atom. The molecule has 0 atom stereocenters. The van der Waals surface area contributed by atoms with Gasteiger partial charge in [-0.1, -0.05) is 0 Å². The van der Waals surface area contributed by atoms with Gasteiger partial charge in [0.1, 0.15) is 12.4 Å².